The lowest BCUT2D eigenvalue weighted by Crippen LogP contribution is -2.46. The molecule has 0 unspecified atom stereocenters. The second-order valence-electron chi connectivity index (χ2n) is 6.44. The summed E-state index contributed by atoms with van der Waals surface area (Å²) in [5.41, 5.74) is 4.41. The third-order valence-corrected chi connectivity index (χ3v) is 4.45. The van der Waals surface area contributed by atoms with Gasteiger partial charge in [0, 0.05) is 25.6 Å². The number of rotatable bonds is 5. The maximum atomic E-state index is 5.08. The van der Waals surface area contributed by atoms with Crippen molar-refractivity contribution in [2.75, 3.05) is 38.9 Å². The second-order valence-corrected chi connectivity index (χ2v) is 6.44. The van der Waals surface area contributed by atoms with E-state index >= 15 is 0 Å². The molecule has 134 valence electrons. The predicted molar refractivity (Wildman–Crippen MR) is 101 cm³/mol. The molecule has 0 fully saturated rings. The first-order chi connectivity index (χ1) is 12.1. The predicted octanol–water partition coefficient (Wildman–Crippen LogP) is 2.18. The van der Waals surface area contributed by atoms with Crippen LogP contribution in [0.5, 0.6) is 0 Å². The highest BCUT2D eigenvalue weighted by atomic mass is 16.5. The SMILES string of the molecule is COCCCN1CN=C(Nc2nc(C)c3cc(C)c(C)cc3n2)NC1. The van der Waals surface area contributed by atoms with Gasteiger partial charge in [-0.1, -0.05) is 0 Å². The third kappa shape index (κ3) is 4.24. The third-order valence-electron chi connectivity index (χ3n) is 4.45. The lowest BCUT2D eigenvalue weighted by Gasteiger charge is -2.26. The summed E-state index contributed by atoms with van der Waals surface area (Å²) in [5, 5.41) is 7.57. The van der Waals surface area contributed by atoms with Gasteiger partial charge in [-0.25, -0.2) is 15.0 Å². The van der Waals surface area contributed by atoms with Crippen LogP contribution in [0.1, 0.15) is 23.2 Å². The summed E-state index contributed by atoms with van der Waals surface area (Å²) in [6.45, 7) is 9.36. The number of guanidine groups is 1. The van der Waals surface area contributed by atoms with Crippen molar-refractivity contribution >= 4 is 22.8 Å². The average Bonchev–Trinajstić information content (AvgIpc) is 2.59. The van der Waals surface area contributed by atoms with Gasteiger partial charge >= 0.3 is 0 Å². The maximum absolute atomic E-state index is 5.08. The number of methoxy groups -OCH3 is 1. The Labute approximate surface area is 148 Å². The molecule has 2 N–H and O–H groups in total. The molecule has 2 heterocycles. The van der Waals surface area contributed by atoms with Crippen LogP contribution in [0.2, 0.25) is 0 Å². The van der Waals surface area contributed by atoms with Crippen molar-refractivity contribution < 1.29 is 4.74 Å². The minimum Gasteiger partial charge on any atom is -0.385 e. The summed E-state index contributed by atoms with van der Waals surface area (Å²) in [7, 11) is 1.73. The van der Waals surface area contributed by atoms with E-state index in [1.807, 2.05) is 6.92 Å². The van der Waals surface area contributed by atoms with E-state index in [0.717, 1.165) is 42.8 Å². The van der Waals surface area contributed by atoms with Gasteiger partial charge < -0.3 is 10.1 Å². The smallest absolute Gasteiger partial charge is 0.230 e. The number of anilines is 1. The number of aryl methyl sites for hydroxylation is 3. The zero-order valence-electron chi connectivity index (χ0n) is 15.4. The molecule has 0 amide bonds. The van der Waals surface area contributed by atoms with Crippen molar-refractivity contribution in [3.63, 3.8) is 0 Å². The fourth-order valence-electron chi connectivity index (χ4n) is 2.83. The van der Waals surface area contributed by atoms with Crippen LogP contribution in [-0.2, 0) is 4.74 Å². The molecule has 2 aromatic rings. The molecular weight excluding hydrogens is 316 g/mol. The molecule has 1 aliphatic heterocycles. The van der Waals surface area contributed by atoms with E-state index in [1.54, 1.807) is 7.11 Å². The monoisotopic (exact) mass is 342 g/mol. The number of benzene rings is 1. The Bertz CT molecular complexity index is 789. The number of nitrogens with zero attached hydrogens (tertiary/aromatic N) is 4. The summed E-state index contributed by atoms with van der Waals surface area (Å²) < 4.78 is 5.08. The van der Waals surface area contributed by atoms with Crippen LogP contribution in [0.25, 0.3) is 10.9 Å². The summed E-state index contributed by atoms with van der Waals surface area (Å²) in [5.74, 6) is 1.29. The fraction of sp³-hybridized carbons (Fsp3) is 0.500. The Hall–Kier alpha value is -2.25. The minimum atomic E-state index is 0.576. The van der Waals surface area contributed by atoms with Crippen molar-refractivity contribution in [2.24, 2.45) is 4.99 Å². The van der Waals surface area contributed by atoms with Crippen molar-refractivity contribution in [3.8, 4) is 0 Å². The molecule has 0 radical (unpaired) electrons. The highest BCUT2D eigenvalue weighted by Gasteiger charge is 2.13. The summed E-state index contributed by atoms with van der Waals surface area (Å²) in [4.78, 5) is 16.0. The van der Waals surface area contributed by atoms with E-state index in [9.17, 15) is 0 Å². The van der Waals surface area contributed by atoms with Crippen LogP contribution in [0.3, 0.4) is 0 Å². The van der Waals surface area contributed by atoms with Crippen molar-refractivity contribution in [1.29, 1.82) is 0 Å². The van der Waals surface area contributed by atoms with E-state index in [4.69, 9.17) is 4.74 Å². The molecule has 1 aliphatic rings. The molecule has 1 aromatic carbocycles. The molecule has 25 heavy (non-hydrogen) atoms. The molecule has 0 bridgehead atoms. The van der Waals surface area contributed by atoms with Crippen molar-refractivity contribution in [1.82, 2.24) is 20.2 Å². The normalized spacial score (nSPS) is 15.1. The van der Waals surface area contributed by atoms with Crippen molar-refractivity contribution in [2.45, 2.75) is 27.2 Å². The van der Waals surface area contributed by atoms with Gasteiger partial charge in [-0.2, -0.15) is 0 Å². The fourth-order valence-corrected chi connectivity index (χ4v) is 2.83. The number of ether oxygens (including phenoxy) is 1. The molecule has 1 aromatic heterocycles. The number of aromatic nitrogens is 2. The lowest BCUT2D eigenvalue weighted by molar-refractivity contribution is 0.170. The first kappa shape index (κ1) is 17.6. The Morgan fingerprint density at radius 3 is 2.72 bits per heavy atom. The molecule has 7 nitrogen and oxygen atoms in total. The Morgan fingerprint density at radius 1 is 1.20 bits per heavy atom. The van der Waals surface area contributed by atoms with E-state index < -0.39 is 0 Å². The van der Waals surface area contributed by atoms with E-state index in [-0.39, 0.29) is 0 Å². The van der Waals surface area contributed by atoms with Gasteiger partial charge in [0.2, 0.25) is 11.9 Å². The molecular formula is C18H26N6O. The summed E-state index contributed by atoms with van der Waals surface area (Å²) in [6, 6.07) is 4.26. The standard InChI is InChI=1S/C18H26N6O/c1-12-8-15-14(3)21-18(22-16(15)9-13(12)2)23-17-19-10-24(11-20-17)6-5-7-25-4/h8-9H,5-7,10-11H2,1-4H3,(H2,19,20,21,22,23). The number of nitrogens with one attached hydrogen (secondary N) is 2. The van der Waals surface area contributed by atoms with Gasteiger partial charge in [0.15, 0.2) is 0 Å². The zero-order chi connectivity index (χ0) is 17.8. The van der Waals surface area contributed by atoms with Crippen LogP contribution in [0.4, 0.5) is 5.95 Å². The first-order valence-electron chi connectivity index (χ1n) is 8.59. The molecule has 0 saturated carbocycles. The Morgan fingerprint density at radius 2 is 2.00 bits per heavy atom. The van der Waals surface area contributed by atoms with Gasteiger partial charge in [0.1, 0.15) is 0 Å². The van der Waals surface area contributed by atoms with Crippen LogP contribution < -0.4 is 10.6 Å². The quantitative estimate of drug-likeness (QED) is 0.811. The average molecular weight is 342 g/mol. The number of hydrogen-bond acceptors (Lipinski definition) is 7. The van der Waals surface area contributed by atoms with Crippen LogP contribution in [0, 0.1) is 20.8 Å². The van der Waals surface area contributed by atoms with E-state index in [1.165, 1.54) is 11.1 Å². The van der Waals surface area contributed by atoms with Gasteiger partial charge in [-0.05, 0) is 50.5 Å². The zero-order valence-corrected chi connectivity index (χ0v) is 15.4. The molecule has 0 atom stereocenters. The summed E-state index contributed by atoms with van der Waals surface area (Å²) >= 11 is 0. The van der Waals surface area contributed by atoms with Crippen LogP contribution in [0.15, 0.2) is 17.1 Å². The Balaban J connectivity index is 1.70. The number of fused-ring (bicyclic) bond motifs is 1. The second kappa shape index (κ2) is 7.76. The van der Waals surface area contributed by atoms with E-state index in [2.05, 4.69) is 56.5 Å². The van der Waals surface area contributed by atoms with Gasteiger partial charge in [0.05, 0.1) is 24.5 Å². The highest BCUT2D eigenvalue weighted by molar-refractivity contribution is 5.93. The largest absolute Gasteiger partial charge is 0.385 e. The molecule has 0 aliphatic carbocycles. The van der Waals surface area contributed by atoms with Gasteiger partial charge in [-0.3, -0.25) is 10.2 Å². The number of hydrogen-bond donors (Lipinski definition) is 2. The van der Waals surface area contributed by atoms with Gasteiger partial charge in [0.25, 0.3) is 0 Å². The minimum absolute atomic E-state index is 0.576. The first-order valence-corrected chi connectivity index (χ1v) is 8.59. The summed E-state index contributed by atoms with van der Waals surface area (Å²) in [6.07, 6.45) is 1.00. The highest BCUT2D eigenvalue weighted by Crippen LogP contribution is 2.21. The van der Waals surface area contributed by atoms with E-state index in [0.29, 0.717) is 18.6 Å². The number of aliphatic imine (C=N–C) groups is 1. The van der Waals surface area contributed by atoms with Crippen LogP contribution in [-0.4, -0.2) is 54.4 Å². The molecule has 0 spiro atoms. The maximum Gasteiger partial charge on any atom is 0.230 e. The molecule has 3 rings (SSSR count). The van der Waals surface area contributed by atoms with Gasteiger partial charge in [-0.15, -0.1) is 0 Å². The molecule has 7 heteroatoms. The van der Waals surface area contributed by atoms with Crippen LogP contribution >= 0.6 is 0 Å². The van der Waals surface area contributed by atoms with Crippen molar-refractivity contribution in [3.05, 3.63) is 29.0 Å². The molecule has 0 saturated heterocycles. The topological polar surface area (TPSA) is 74.7 Å². The lowest BCUT2D eigenvalue weighted by atomic mass is 10.1. The Kier molecular flexibility index (Phi) is 5.45.